The van der Waals surface area contributed by atoms with Gasteiger partial charge in [0, 0.05) is 19.1 Å². The monoisotopic (exact) mass is 326 g/mol. The van der Waals surface area contributed by atoms with Gasteiger partial charge in [-0.25, -0.2) is 4.98 Å². The first kappa shape index (κ1) is 17.2. The second-order valence-electron chi connectivity index (χ2n) is 7.75. The molecule has 0 bridgehead atoms. The predicted octanol–water partition coefficient (Wildman–Crippen LogP) is 3.68. The van der Waals surface area contributed by atoms with Crippen LogP contribution in [0.2, 0.25) is 0 Å². The first-order chi connectivity index (χ1) is 11.7. The van der Waals surface area contributed by atoms with Crippen LogP contribution in [0.15, 0.2) is 18.3 Å². The Morgan fingerprint density at radius 3 is 2.21 bits per heavy atom. The summed E-state index contributed by atoms with van der Waals surface area (Å²) in [6, 6.07) is 6.65. The lowest BCUT2D eigenvalue weighted by Gasteiger charge is -2.38. The largest absolute Gasteiger partial charge is 0.370 e. The van der Waals surface area contributed by atoms with Crippen LogP contribution in [-0.4, -0.2) is 42.1 Å². The Bertz CT molecular complexity index is 544. The average molecular weight is 326 g/mol. The van der Waals surface area contributed by atoms with Gasteiger partial charge >= 0.3 is 0 Å². The highest BCUT2D eigenvalue weighted by Gasteiger charge is 2.26. The molecule has 3 rings (SSSR count). The molecule has 2 fully saturated rings. The van der Waals surface area contributed by atoms with Crippen molar-refractivity contribution in [1.82, 2.24) is 9.88 Å². The minimum absolute atomic E-state index is 0.501. The molecule has 0 aliphatic carbocycles. The fourth-order valence-corrected chi connectivity index (χ4v) is 4.24. The summed E-state index contributed by atoms with van der Waals surface area (Å²) in [5.74, 6) is 1.83. The second-order valence-corrected chi connectivity index (χ2v) is 7.75. The number of hydrogen-bond donors (Lipinski definition) is 0. The maximum atomic E-state index is 8.85. The van der Waals surface area contributed by atoms with E-state index in [1.54, 1.807) is 0 Å². The zero-order chi connectivity index (χ0) is 16.9. The highest BCUT2D eigenvalue weighted by atomic mass is 15.2. The van der Waals surface area contributed by atoms with Crippen LogP contribution in [0.25, 0.3) is 0 Å². The molecule has 0 radical (unpaired) electrons. The van der Waals surface area contributed by atoms with Crippen molar-refractivity contribution in [1.29, 1.82) is 5.26 Å². The zero-order valence-corrected chi connectivity index (χ0v) is 15.1. The van der Waals surface area contributed by atoms with Gasteiger partial charge in [0.1, 0.15) is 11.8 Å². The van der Waals surface area contributed by atoms with E-state index in [0.29, 0.717) is 11.7 Å². The van der Waals surface area contributed by atoms with Gasteiger partial charge in [-0.1, -0.05) is 0 Å². The molecule has 1 aromatic rings. The molecular weight excluding hydrogens is 296 g/mol. The third-order valence-electron chi connectivity index (χ3n) is 5.89. The molecule has 2 aliphatic heterocycles. The molecule has 130 valence electrons. The molecule has 0 atom stereocenters. The van der Waals surface area contributed by atoms with Gasteiger partial charge in [0.15, 0.2) is 0 Å². The van der Waals surface area contributed by atoms with Gasteiger partial charge in [-0.2, -0.15) is 5.26 Å². The number of rotatable bonds is 4. The van der Waals surface area contributed by atoms with E-state index < -0.39 is 0 Å². The van der Waals surface area contributed by atoms with Crippen LogP contribution in [0.5, 0.6) is 0 Å². The molecule has 1 aromatic heterocycles. The molecule has 0 saturated carbocycles. The Kier molecular flexibility index (Phi) is 5.73. The number of hydrogen-bond acceptors (Lipinski definition) is 4. The van der Waals surface area contributed by atoms with Crippen LogP contribution in [0.1, 0.15) is 51.6 Å². The van der Waals surface area contributed by atoms with E-state index in [0.717, 1.165) is 30.6 Å². The van der Waals surface area contributed by atoms with Gasteiger partial charge in [0.25, 0.3) is 0 Å². The highest BCUT2D eigenvalue weighted by Crippen LogP contribution is 2.31. The summed E-state index contributed by atoms with van der Waals surface area (Å²) in [4.78, 5) is 9.24. The lowest BCUT2D eigenvalue weighted by Crippen LogP contribution is -2.39. The topological polar surface area (TPSA) is 43.2 Å². The number of piperidine rings is 2. The van der Waals surface area contributed by atoms with Gasteiger partial charge in [-0.3, -0.25) is 0 Å². The molecule has 4 nitrogen and oxygen atoms in total. The van der Waals surface area contributed by atoms with Crippen molar-refractivity contribution in [2.75, 3.05) is 31.1 Å². The third kappa shape index (κ3) is 4.27. The van der Waals surface area contributed by atoms with Crippen LogP contribution in [-0.2, 0) is 0 Å². The number of aromatic nitrogens is 1. The van der Waals surface area contributed by atoms with E-state index in [9.17, 15) is 0 Å². The second kappa shape index (κ2) is 7.98. The molecule has 0 spiro atoms. The van der Waals surface area contributed by atoms with Crippen molar-refractivity contribution >= 4 is 5.69 Å². The fraction of sp³-hybridized carbons (Fsp3) is 0.700. The number of anilines is 1. The van der Waals surface area contributed by atoms with E-state index in [2.05, 4.69) is 34.7 Å². The van der Waals surface area contributed by atoms with E-state index in [4.69, 9.17) is 5.26 Å². The molecule has 4 heteroatoms. The molecule has 0 amide bonds. The van der Waals surface area contributed by atoms with Crippen molar-refractivity contribution in [3.8, 4) is 6.07 Å². The third-order valence-corrected chi connectivity index (χ3v) is 5.89. The Morgan fingerprint density at radius 2 is 1.71 bits per heavy atom. The van der Waals surface area contributed by atoms with E-state index in [1.807, 2.05) is 18.3 Å². The van der Waals surface area contributed by atoms with Gasteiger partial charge in [-0.05, 0) is 83.0 Å². The number of pyridine rings is 1. The van der Waals surface area contributed by atoms with Gasteiger partial charge in [0.2, 0.25) is 0 Å². The molecule has 3 heterocycles. The Balaban J connectivity index is 1.43. The lowest BCUT2D eigenvalue weighted by molar-refractivity contribution is 0.133. The quantitative estimate of drug-likeness (QED) is 0.846. The molecule has 2 aliphatic rings. The lowest BCUT2D eigenvalue weighted by atomic mass is 9.82. The summed E-state index contributed by atoms with van der Waals surface area (Å²) < 4.78 is 0. The Labute approximate surface area is 146 Å². The van der Waals surface area contributed by atoms with Gasteiger partial charge < -0.3 is 9.80 Å². The molecular formula is C20H30N4. The van der Waals surface area contributed by atoms with E-state index >= 15 is 0 Å². The number of likely N-dealkylation sites (tertiary alicyclic amines) is 1. The predicted molar refractivity (Wildman–Crippen MR) is 97.9 cm³/mol. The van der Waals surface area contributed by atoms with Crippen LogP contribution in [0, 0.1) is 23.2 Å². The van der Waals surface area contributed by atoms with Crippen LogP contribution in [0.4, 0.5) is 5.69 Å². The Hall–Kier alpha value is -1.60. The van der Waals surface area contributed by atoms with Gasteiger partial charge in [0.05, 0.1) is 11.9 Å². The normalized spacial score (nSPS) is 21.2. The maximum Gasteiger partial charge on any atom is 0.140 e. The van der Waals surface area contributed by atoms with Crippen LogP contribution < -0.4 is 4.90 Å². The van der Waals surface area contributed by atoms with Gasteiger partial charge in [-0.15, -0.1) is 0 Å². The first-order valence-corrected chi connectivity index (χ1v) is 9.51. The summed E-state index contributed by atoms with van der Waals surface area (Å²) in [6.45, 7) is 9.46. The number of nitriles is 1. The summed E-state index contributed by atoms with van der Waals surface area (Å²) in [7, 11) is 0. The van der Waals surface area contributed by atoms with Crippen LogP contribution in [0.3, 0.4) is 0 Å². The minimum Gasteiger partial charge on any atom is -0.370 e. The van der Waals surface area contributed by atoms with Crippen molar-refractivity contribution in [3.63, 3.8) is 0 Å². The maximum absolute atomic E-state index is 8.85. The van der Waals surface area contributed by atoms with Crippen molar-refractivity contribution < 1.29 is 0 Å². The first-order valence-electron chi connectivity index (χ1n) is 9.51. The van der Waals surface area contributed by atoms with Crippen molar-refractivity contribution in [2.24, 2.45) is 11.8 Å². The van der Waals surface area contributed by atoms with E-state index in [-0.39, 0.29) is 0 Å². The van der Waals surface area contributed by atoms with Crippen molar-refractivity contribution in [3.05, 3.63) is 24.0 Å². The van der Waals surface area contributed by atoms with Crippen LogP contribution >= 0.6 is 0 Å². The Morgan fingerprint density at radius 1 is 1.08 bits per heavy atom. The smallest absolute Gasteiger partial charge is 0.140 e. The van der Waals surface area contributed by atoms with E-state index in [1.165, 1.54) is 45.2 Å². The molecule has 0 N–H and O–H groups in total. The van der Waals surface area contributed by atoms with Crippen molar-refractivity contribution in [2.45, 2.75) is 52.0 Å². The number of nitrogens with zero attached hydrogens (tertiary/aromatic N) is 4. The SMILES string of the molecule is CC(C)N1CCC(CC2CCN(c3ccc(C#N)nc3)CC2)CC1. The molecule has 0 aromatic carbocycles. The highest BCUT2D eigenvalue weighted by molar-refractivity contribution is 5.46. The minimum atomic E-state index is 0.501. The molecule has 24 heavy (non-hydrogen) atoms. The fourth-order valence-electron chi connectivity index (χ4n) is 4.24. The standard InChI is InChI=1S/C20H30N4/c1-16(2)23-9-5-17(6-10-23)13-18-7-11-24(12-8-18)20-4-3-19(14-21)22-15-20/h3-4,15-18H,5-13H2,1-2H3. The average Bonchev–Trinajstić information content (AvgIpc) is 2.63. The summed E-state index contributed by atoms with van der Waals surface area (Å²) in [6.07, 6.45) is 8.64. The summed E-state index contributed by atoms with van der Waals surface area (Å²) >= 11 is 0. The summed E-state index contributed by atoms with van der Waals surface area (Å²) in [5.41, 5.74) is 1.67. The summed E-state index contributed by atoms with van der Waals surface area (Å²) in [5, 5.41) is 8.85. The molecule has 0 unspecified atom stereocenters. The molecule has 2 saturated heterocycles. The zero-order valence-electron chi connectivity index (χ0n) is 15.1.